The van der Waals surface area contributed by atoms with Gasteiger partial charge in [-0.25, -0.2) is 0 Å². The lowest BCUT2D eigenvalue weighted by Crippen LogP contribution is -2.48. The van der Waals surface area contributed by atoms with Crippen LogP contribution in [0.2, 0.25) is 0 Å². The van der Waals surface area contributed by atoms with Gasteiger partial charge in [0.1, 0.15) is 0 Å². The molecule has 1 aliphatic heterocycles. The summed E-state index contributed by atoms with van der Waals surface area (Å²) in [5, 5.41) is 2.96. The second kappa shape index (κ2) is 6.21. The first-order valence-corrected chi connectivity index (χ1v) is 6.29. The number of hydrogen-bond donors (Lipinski definition) is 2. The van der Waals surface area contributed by atoms with E-state index in [2.05, 4.69) is 24.2 Å². The van der Waals surface area contributed by atoms with Crippen molar-refractivity contribution in [1.29, 1.82) is 0 Å². The van der Waals surface area contributed by atoms with Crippen LogP contribution >= 0.6 is 0 Å². The number of carbonyl (C=O) groups is 1. The van der Waals surface area contributed by atoms with Crippen molar-refractivity contribution < 1.29 is 4.79 Å². The minimum absolute atomic E-state index is 0.00495. The van der Waals surface area contributed by atoms with Gasteiger partial charge in [-0.2, -0.15) is 0 Å². The summed E-state index contributed by atoms with van der Waals surface area (Å²) in [4.78, 5) is 14.1. The molecule has 16 heavy (non-hydrogen) atoms. The molecule has 0 spiro atoms. The maximum Gasteiger partial charge on any atom is 0.237 e. The zero-order valence-corrected chi connectivity index (χ0v) is 10.7. The Hall–Kier alpha value is -0.610. The van der Waals surface area contributed by atoms with Crippen molar-refractivity contribution in [2.24, 2.45) is 11.7 Å². The van der Waals surface area contributed by atoms with Crippen LogP contribution in [0.3, 0.4) is 0 Å². The Balaban J connectivity index is 2.29. The second-order valence-electron chi connectivity index (χ2n) is 4.93. The Morgan fingerprint density at radius 1 is 1.62 bits per heavy atom. The summed E-state index contributed by atoms with van der Waals surface area (Å²) in [6.07, 6.45) is 3.35. The molecule has 0 radical (unpaired) electrons. The van der Waals surface area contributed by atoms with Crippen LogP contribution in [0.25, 0.3) is 0 Å². The molecule has 1 aliphatic rings. The summed E-state index contributed by atoms with van der Waals surface area (Å²) in [6, 6.07) is 0.129. The maximum absolute atomic E-state index is 11.8. The van der Waals surface area contributed by atoms with E-state index in [-0.39, 0.29) is 17.9 Å². The molecule has 1 saturated heterocycles. The first-order valence-electron chi connectivity index (χ1n) is 6.29. The van der Waals surface area contributed by atoms with Gasteiger partial charge in [-0.15, -0.1) is 0 Å². The molecule has 0 aliphatic carbocycles. The molecule has 3 atom stereocenters. The molecular weight excluding hydrogens is 202 g/mol. The van der Waals surface area contributed by atoms with Crippen LogP contribution in [0.1, 0.15) is 33.1 Å². The van der Waals surface area contributed by atoms with E-state index < -0.39 is 0 Å². The fourth-order valence-electron chi connectivity index (χ4n) is 2.09. The summed E-state index contributed by atoms with van der Waals surface area (Å²) in [7, 11) is 2.11. The van der Waals surface area contributed by atoms with Crippen LogP contribution in [-0.2, 0) is 4.79 Å². The number of carbonyl (C=O) groups excluding carboxylic acids is 1. The summed E-state index contributed by atoms with van der Waals surface area (Å²) in [6.45, 7) is 5.95. The molecule has 0 aromatic heterocycles. The van der Waals surface area contributed by atoms with Crippen molar-refractivity contribution >= 4 is 5.91 Å². The quantitative estimate of drug-likeness (QED) is 0.722. The molecule has 1 rings (SSSR count). The number of amides is 1. The van der Waals surface area contributed by atoms with E-state index in [1.807, 2.05) is 6.92 Å². The van der Waals surface area contributed by atoms with Gasteiger partial charge >= 0.3 is 0 Å². The fourth-order valence-corrected chi connectivity index (χ4v) is 2.09. The highest BCUT2D eigenvalue weighted by Crippen LogP contribution is 2.13. The number of nitrogens with one attached hydrogen (secondary N) is 1. The van der Waals surface area contributed by atoms with Gasteiger partial charge in [0.15, 0.2) is 0 Å². The minimum atomic E-state index is -0.364. The maximum atomic E-state index is 11.8. The topological polar surface area (TPSA) is 58.4 Å². The van der Waals surface area contributed by atoms with Gasteiger partial charge in [0.2, 0.25) is 5.91 Å². The summed E-state index contributed by atoms with van der Waals surface area (Å²) >= 11 is 0. The average Bonchev–Trinajstić information content (AvgIpc) is 2.69. The van der Waals surface area contributed by atoms with E-state index in [9.17, 15) is 4.79 Å². The lowest BCUT2D eigenvalue weighted by molar-refractivity contribution is -0.123. The SMILES string of the molecule is CC[C@H](C)[C@H](N)C(=O)NCC1CCCN1C. The Bertz CT molecular complexity index is 232. The van der Waals surface area contributed by atoms with Crippen molar-refractivity contribution in [1.82, 2.24) is 10.2 Å². The highest BCUT2D eigenvalue weighted by Gasteiger charge is 2.23. The molecule has 1 unspecified atom stereocenters. The number of likely N-dealkylation sites (tertiary alicyclic amines) is 1. The van der Waals surface area contributed by atoms with Crippen molar-refractivity contribution in [2.45, 2.75) is 45.2 Å². The Kier molecular flexibility index (Phi) is 5.22. The Labute approximate surface area is 98.6 Å². The van der Waals surface area contributed by atoms with Crippen molar-refractivity contribution in [3.05, 3.63) is 0 Å². The first-order chi connectivity index (χ1) is 7.56. The smallest absolute Gasteiger partial charge is 0.237 e. The zero-order valence-electron chi connectivity index (χ0n) is 10.7. The van der Waals surface area contributed by atoms with E-state index in [4.69, 9.17) is 5.73 Å². The van der Waals surface area contributed by atoms with Crippen LogP contribution < -0.4 is 11.1 Å². The molecule has 0 aromatic carbocycles. The zero-order chi connectivity index (χ0) is 12.1. The molecule has 94 valence electrons. The lowest BCUT2D eigenvalue weighted by Gasteiger charge is -2.22. The molecule has 1 heterocycles. The number of nitrogens with zero attached hydrogens (tertiary/aromatic N) is 1. The van der Waals surface area contributed by atoms with E-state index in [0.29, 0.717) is 6.04 Å². The van der Waals surface area contributed by atoms with Crippen LogP contribution in [-0.4, -0.2) is 43.0 Å². The van der Waals surface area contributed by atoms with Gasteiger partial charge in [-0.1, -0.05) is 20.3 Å². The third kappa shape index (κ3) is 3.46. The van der Waals surface area contributed by atoms with Crippen LogP contribution in [0.15, 0.2) is 0 Å². The average molecular weight is 227 g/mol. The summed E-state index contributed by atoms with van der Waals surface area (Å²) in [5.74, 6) is 0.246. The monoisotopic (exact) mass is 227 g/mol. The predicted octanol–water partition coefficient (Wildman–Crippen LogP) is 0.570. The molecule has 3 N–H and O–H groups in total. The van der Waals surface area contributed by atoms with Gasteiger partial charge in [-0.05, 0) is 32.4 Å². The first kappa shape index (κ1) is 13.5. The van der Waals surface area contributed by atoms with Gasteiger partial charge in [-0.3, -0.25) is 4.79 Å². The summed E-state index contributed by atoms with van der Waals surface area (Å²) in [5.41, 5.74) is 5.87. The molecule has 0 bridgehead atoms. The van der Waals surface area contributed by atoms with Crippen molar-refractivity contribution in [3.8, 4) is 0 Å². The van der Waals surface area contributed by atoms with E-state index in [1.54, 1.807) is 0 Å². The second-order valence-corrected chi connectivity index (χ2v) is 4.93. The van der Waals surface area contributed by atoms with Crippen molar-refractivity contribution in [2.75, 3.05) is 20.1 Å². The highest BCUT2D eigenvalue weighted by molar-refractivity contribution is 5.81. The van der Waals surface area contributed by atoms with E-state index in [1.165, 1.54) is 12.8 Å². The Morgan fingerprint density at radius 3 is 2.81 bits per heavy atom. The molecular formula is C12H25N3O. The van der Waals surface area contributed by atoms with Gasteiger partial charge in [0, 0.05) is 12.6 Å². The summed E-state index contributed by atoms with van der Waals surface area (Å²) < 4.78 is 0. The highest BCUT2D eigenvalue weighted by atomic mass is 16.2. The van der Waals surface area contributed by atoms with E-state index in [0.717, 1.165) is 19.5 Å². The molecule has 1 fully saturated rings. The Morgan fingerprint density at radius 2 is 2.31 bits per heavy atom. The minimum Gasteiger partial charge on any atom is -0.353 e. The van der Waals surface area contributed by atoms with Crippen molar-refractivity contribution in [3.63, 3.8) is 0 Å². The van der Waals surface area contributed by atoms with Crippen LogP contribution in [0.5, 0.6) is 0 Å². The molecule has 0 saturated carbocycles. The molecule has 0 aromatic rings. The molecule has 1 amide bonds. The van der Waals surface area contributed by atoms with Crippen LogP contribution in [0.4, 0.5) is 0 Å². The third-order valence-electron chi connectivity index (χ3n) is 3.74. The van der Waals surface area contributed by atoms with Crippen LogP contribution in [0, 0.1) is 5.92 Å². The third-order valence-corrected chi connectivity index (χ3v) is 3.74. The van der Waals surface area contributed by atoms with Gasteiger partial charge in [0.05, 0.1) is 6.04 Å². The number of hydrogen-bond acceptors (Lipinski definition) is 3. The number of nitrogens with two attached hydrogens (primary N) is 1. The number of rotatable bonds is 5. The van der Waals surface area contributed by atoms with Gasteiger partial charge < -0.3 is 16.0 Å². The molecule has 4 nitrogen and oxygen atoms in total. The number of likely N-dealkylation sites (N-methyl/N-ethyl adjacent to an activating group) is 1. The normalized spacial score (nSPS) is 25.4. The predicted molar refractivity (Wildman–Crippen MR) is 66.1 cm³/mol. The largest absolute Gasteiger partial charge is 0.353 e. The fraction of sp³-hybridized carbons (Fsp3) is 0.917. The standard InChI is InChI=1S/C12H25N3O/c1-4-9(2)11(13)12(16)14-8-10-6-5-7-15(10)3/h9-11H,4-8,13H2,1-3H3,(H,14,16)/t9-,10?,11-/m0/s1. The lowest BCUT2D eigenvalue weighted by atomic mass is 9.99. The van der Waals surface area contributed by atoms with E-state index >= 15 is 0 Å². The molecule has 4 heteroatoms. The van der Waals surface area contributed by atoms with Gasteiger partial charge in [0.25, 0.3) is 0 Å².